The van der Waals surface area contributed by atoms with Crippen LogP contribution in [-0.2, 0) is 10.0 Å². The summed E-state index contributed by atoms with van der Waals surface area (Å²) in [5.74, 6) is -0.966. The van der Waals surface area contributed by atoms with E-state index >= 15 is 0 Å². The Balaban J connectivity index is 3.69. The van der Waals surface area contributed by atoms with Crippen molar-refractivity contribution in [1.29, 1.82) is 0 Å². The molecule has 1 heterocycles. The van der Waals surface area contributed by atoms with Gasteiger partial charge in [0.05, 0.1) is 18.9 Å². The average molecular weight is 253 g/mol. The molecular formula is C7H9F2N3O3S. The van der Waals surface area contributed by atoms with Crippen LogP contribution in [0.5, 0.6) is 5.75 Å². The van der Waals surface area contributed by atoms with Gasteiger partial charge in [-0.15, -0.1) is 0 Å². The first kappa shape index (κ1) is 12.6. The van der Waals surface area contributed by atoms with Gasteiger partial charge in [-0.25, -0.2) is 27.3 Å². The minimum absolute atomic E-state index is 0.381. The van der Waals surface area contributed by atoms with E-state index in [0.29, 0.717) is 0 Å². The fourth-order valence-corrected chi connectivity index (χ4v) is 2.01. The molecule has 16 heavy (non-hydrogen) atoms. The highest BCUT2D eigenvalue weighted by molar-refractivity contribution is 7.89. The van der Waals surface area contributed by atoms with Gasteiger partial charge in [-0.3, -0.25) is 0 Å². The van der Waals surface area contributed by atoms with Gasteiger partial charge in [0.15, 0.2) is 0 Å². The summed E-state index contributed by atoms with van der Waals surface area (Å²) in [5, 5.41) is 4.78. The number of pyridine rings is 1. The fraction of sp³-hybridized carbons (Fsp3) is 0.286. The summed E-state index contributed by atoms with van der Waals surface area (Å²) in [4.78, 5) is 2.52. The minimum Gasteiger partial charge on any atom is -0.495 e. The zero-order valence-electron chi connectivity index (χ0n) is 8.15. The van der Waals surface area contributed by atoms with Crippen molar-refractivity contribution in [2.24, 2.45) is 5.14 Å². The number of sulfonamides is 1. The van der Waals surface area contributed by atoms with Gasteiger partial charge in [0.25, 0.3) is 6.43 Å². The van der Waals surface area contributed by atoms with Gasteiger partial charge in [-0.2, -0.15) is 0 Å². The standard InChI is InChI=1S/C7H9F2N3O3S/c1-15-3-2-12-7(10)5(16(11,13)14)4(3)6(8)9/h2,6H,1H3,(H2,10,12)(H2,11,13,14). The number of methoxy groups -OCH3 is 1. The highest BCUT2D eigenvalue weighted by Crippen LogP contribution is 2.35. The molecule has 0 aliphatic heterocycles. The second-order valence-corrected chi connectivity index (χ2v) is 4.30. The SMILES string of the molecule is COc1cnc(N)c(S(N)(=O)=O)c1C(F)F. The second kappa shape index (κ2) is 4.18. The average Bonchev–Trinajstić information content (AvgIpc) is 2.15. The maximum Gasteiger partial charge on any atom is 0.268 e. The summed E-state index contributed by atoms with van der Waals surface area (Å²) in [6.45, 7) is 0. The van der Waals surface area contributed by atoms with E-state index in [9.17, 15) is 17.2 Å². The number of anilines is 1. The zero-order valence-corrected chi connectivity index (χ0v) is 8.96. The van der Waals surface area contributed by atoms with Gasteiger partial charge in [0, 0.05) is 0 Å². The van der Waals surface area contributed by atoms with Crippen molar-refractivity contribution in [2.45, 2.75) is 11.3 Å². The summed E-state index contributed by atoms with van der Waals surface area (Å²) >= 11 is 0. The Bertz CT molecular complexity index is 504. The first-order valence-corrected chi connectivity index (χ1v) is 5.47. The number of hydrogen-bond acceptors (Lipinski definition) is 5. The van der Waals surface area contributed by atoms with E-state index in [4.69, 9.17) is 10.9 Å². The number of nitrogens with two attached hydrogens (primary N) is 2. The van der Waals surface area contributed by atoms with E-state index in [0.717, 1.165) is 13.3 Å². The molecule has 0 aliphatic carbocycles. The summed E-state index contributed by atoms with van der Waals surface area (Å²) in [6.07, 6.45) is -2.18. The van der Waals surface area contributed by atoms with E-state index in [1.165, 1.54) is 0 Å². The van der Waals surface area contributed by atoms with Crippen LogP contribution in [0.1, 0.15) is 12.0 Å². The van der Waals surface area contributed by atoms with Crippen molar-refractivity contribution < 1.29 is 21.9 Å². The number of rotatable bonds is 3. The molecule has 1 aromatic rings. The zero-order chi connectivity index (χ0) is 12.5. The molecule has 0 bridgehead atoms. The van der Waals surface area contributed by atoms with E-state index in [1.54, 1.807) is 0 Å². The Morgan fingerprint density at radius 3 is 2.44 bits per heavy atom. The Kier molecular flexibility index (Phi) is 3.29. The lowest BCUT2D eigenvalue weighted by Gasteiger charge is -2.12. The van der Waals surface area contributed by atoms with Gasteiger partial charge >= 0.3 is 0 Å². The highest BCUT2D eigenvalue weighted by Gasteiger charge is 2.28. The molecule has 1 aromatic heterocycles. The molecule has 0 amide bonds. The van der Waals surface area contributed by atoms with Crippen LogP contribution in [0.25, 0.3) is 0 Å². The lowest BCUT2D eigenvalue weighted by Crippen LogP contribution is -2.18. The van der Waals surface area contributed by atoms with Crippen LogP contribution in [0.4, 0.5) is 14.6 Å². The van der Waals surface area contributed by atoms with E-state index < -0.39 is 32.7 Å². The number of ether oxygens (including phenoxy) is 1. The highest BCUT2D eigenvalue weighted by atomic mass is 32.2. The molecule has 6 nitrogen and oxygen atoms in total. The van der Waals surface area contributed by atoms with E-state index in [1.807, 2.05) is 0 Å². The molecule has 0 unspecified atom stereocenters. The third-order valence-electron chi connectivity index (χ3n) is 1.79. The molecule has 0 radical (unpaired) electrons. The summed E-state index contributed by atoms with van der Waals surface area (Å²) < 4.78 is 52.2. The molecule has 0 fully saturated rings. The Morgan fingerprint density at radius 2 is 2.06 bits per heavy atom. The number of aromatic nitrogens is 1. The molecule has 0 aromatic carbocycles. The normalized spacial score (nSPS) is 11.8. The number of primary sulfonamides is 1. The Labute approximate surface area is 90.3 Å². The second-order valence-electron chi connectivity index (χ2n) is 2.80. The van der Waals surface area contributed by atoms with Gasteiger partial charge < -0.3 is 10.5 Å². The van der Waals surface area contributed by atoms with E-state index in [2.05, 4.69) is 9.72 Å². The molecular weight excluding hydrogens is 244 g/mol. The van der Waals surface area contributed by atoms with Crippen molar-refractivity contribution in [3.05, 3.63) is 11.8 Å². The molecule has 0 spiro atoms. The van der Waals surface area contributed by atoms with Crippen LogP contribution in [0.15, 0.2) is 11.1 Å². The lowest BCUT2D eigenvalue weighted by atomic mass is 10.2. The van der Waals surface area contributed by atoms with Crippen molar-refractivity contribution in [2.75, 3.05) is 12.8 Å². The van der Waals surface area contributed by atoms with Gasteiger partial charge in [0.2, 0.25) is 10.0 Å². The number of nitrogen functional groups attached to an aromatic ring is 1. The van der Waals surface area contributed by atoms with Crippen molar-refractivity contribution in [3.8, 4) is 5.75 Å². The van der Waals surface area contributed by atoms with Crippen molar-refractivity contribution >= 4 is 15.8 Å². The number of halogens is 2. The number of hydrogen-bond donors (Lipinski definition) is 2. The molecule has 0 aliphatic rings. The first-order valence-electron chi connectivity index (χ1n) is 3.92. The largest absolute Gasteiger partial charge is 0.495 e. The summed E-state index contributed by atoms with van der Waals surface area (Å²) in [5.41, 5.74) is 4.33. The Morgan fingerprint density at radius 1 is 1.50 bits per heavy atom. The van der Waals surface area contributed by atoms with Gasteiger partial charge in [-0.05, 0) is 0 Å². The molecule has 4 N–H and O–H groups in total. The predicted octanol–water partition coefficient (Wildman–Crippen LogP) is 0.257. The summed E-state index contributed by atoms with van der Waals surface area (Å²) in [7, 11) is -3.29. The molecule has 0 saturated heterocycles. The van der Waals surface area contributed by atoms with Crippen molar-refractivity contribution in [1.82, 2.24) is 4.98 Å². The third-order valence-corrected chi connectivity index (χ3v) is 2.78. The molecule has 9 heteroatoms. The van der Waals surface area contributed by atoms with Crippen LogP contribution in [-0.4, -0.2) is 20.5 Å². The topological polar surface area (TPSA) is 108 Å². The van der Waals surface area contributed by atoms with E-state index in [-0.39, 0.29) is 5.75 Å². The summed E-state index contributed by atoms with van der Waals surface area (Å²) in [6, 6.07) is 0. The van der Waals surface area contributed by atoms with Crippen LogP contribution < -0.4 is 15.6 Å². The van der Waals surface area contributed by atoms with Crippen LogP contribution in [0, 0.1) is 0 Å². The molecule has 90 valence electrons. The smallest absolute Gasteiger partial charge is 0.268 e. The number of nitrogens with zero attached hydrogens (tertiary/aromatic N) is 1. The quantitative estimate of drug-likeness (QED) is 0.803. The van der Waals surface area contributed by atoms with Crippen LogP contribution >= 0.6 is 0 Å². The monoisotopic (exact) mass is 253 g/mol. The van der Waals surface area contributed by atoms with Gasteiger partial charge in [-0.1, -0.05) is 0 Å². The maximum atomic E-state index is 12.7. The fourth-order valence-electron chi connectivity index (χ4n) is 1.17. The maximum absolute atomic E-state index is 12.7. The Hall–Kier alpha value is -1.48. The number of alkyl halides is 2. The predicted molar refractivity (Wildman–Crippen MR) is 51.5 cm³/mol. The first-order chi connectivity index (χ1) is 7.29. The minimum atomic E-state index is -4.39. The molecule has 1 rings (SSSR count). The molecule has 0 atom stereocenters. The van der Waals surface area contributed by atoms with Crippen LogP contribution in [0.2, 0.25) is 0 Å². The molecule has 0 saturated carbocycles. The van der Waals surface area contributed by atoms with Gasteiger partial charge in [0.1, 0.15) is 16.5 Å². The third kappa shape index (κ3) is 2.19. The lowest BCUT2D eigenvalue weighted by molar-refractivity contribution is 0.143. The van der Waals surface area contributed by atoms with Crippen molar-refractivity contribution in [3.63, 3.8) is 0 Å². The van der Waals surface area contributed by atoms with Crippen LogP contribution in [0.3, 0.4) is 0 Å².